The van der Waals surface area contributed by atoms with E-state index in [1.165, 1.54) is 5.56 Å². The van der Waals surface area contributed by atoms with Crippen LogP contribution in [0, 0.1) is 19.3 Å². The third kappa shape index (κ3) is 5.42. The second-order valence-corrected chi connectivity index (χ2v) is 4.18. The second kappa shape index (κ2) is 7.76. The normalized spacial score (nSPS) is 11.8. The molecule has 1 atom stereocenters. The van der Waals surface area contributed by atoms with E-state index in [1.54, 1.807) is 0 Å². The van der Waals surface area contributed by atoms with Crippen molar-refractivity contribution in [1.82, 2.24) is 5.32 Å². The number of nitrogens with one attached hydrogen (secondary N) is 1. The van der Waals surface area contributed by atoms with E-state index in [0.717, 1.165) is 31.6 Å². The molecule has 1 rings (SSSR count). The van der Waals surface area contributed by atoms with Crippen LogP contribution < -0.4 is 10.1 Å². The van der Waals surface area contributed by atoms with Gasteiger partial charge < -0.3 is 10.1 Å². The largest absolute Gasteiger partial charge is 0.494 e. The van der Waals surface area contributed by atoms with Crippen molar-refractivity contribution in [2.75, 3.05) is 13.7 Å². The minimum absolute atomic E-state index is 0.441. The van der Waals surface area contributed by atoms with E-state index in [4.69, 9.17) is 11.2 Å². The van der Waals surface area contributed by atoms with Crippen LogP contribution in [0.3, 0.4) is 0 Å². The van der Waals surface area contributed by atoms with Gasteiger partial charge in [0.25, 0.3) is 0 Å². The van der Waals surface area contributed by atoms with Crippen molar-refractivity contribution in [3.05, 3.63) is 29.8 Å². The molecule has 0 fully saturated rings. The quantitative estimate of drug-likeness (QED) is 0.729. The average Bonchev–Trinajstić information content (AvgIpc) is 2.33. The van der Waals surface area contributed by atoms with E-state index in [1.807, 2.05) is 19.2 Å². The van der Waals surface area contributed by atoms with Crippen molar-refractivity contribution >= 4 is 0 Å². The van der Waals surface area contributed by atoms with Gasteiger partial charge in [-0.2, -0.15) is 0 Å². The maximum Gasteiger partial charge on any atom is 0.119 e. The third-order valence-corrected chi connectivity index (χ3v) is 2.77. The van der Waals surface area contributed by atoms with Gasteiger partial charge in [-0.05, 0) is 44.5 Å². The molecule has 1 aromatic rings. The molecule has 0 radical (unpaired) electrons. The Morgan fingerprint density at radius 1 is 1.41 bits per heavy atom. The third-order valence-electron chi connectivity index (χ3n) is 2.77. The predicted octanol–water partition coefficient (Wildman–Crippen LogP) is 2.77. The van der Waals surface area contributed by atoms with E-state index in [9.17, 15) is 0 Å². The first-order valence-corrected chi connectivity index (χ1v) is 6.06. The van der Waals surface area contributed by atoms with Gasteiger partial charge in [0.1, 0.15) is 5.75 Å². The molecule has 2 nitrogen and oxygen atoms in total. The van der Waals surface area contributed by atoms with Crippen molar-refractivity contribution in [3.8, 4) is 18.1 Å². The minimum atomic E-state index is 0.441. The summed E-state index contributed by atoms with van der Waals surface area (Å²) in [6.07, 6.45) is 8.06. The summed E-state index contributed by atoms with van der Waals surface area (Å²) in [5.74, 6) is 3.61. The topological polar surface area (TPSA) is 21.3 Å². The van der Waals surface area contributed by atoms with Crippen LogP contribution in [0.5, 0.6) is 5.75 Å². The zero-order valence-corrected chi connectivity index (χ0v) is 10.7. The van der Waals surface area contributed by atoms with Gasteiger partial charge >= 0.3 is 0 Å². The van der Waals surface area contributed by atoms with Crippen LogP contribution >= 0.6 is 0 Å². The number of terminal acetylenes is 1. The summed E-state index contributed by atoms with van der Waals surface area (Å²) >= 11 is 0. The minimum Gasteiger partial charge on any atom is -0.494 e. The van der Waals surface area contributed by atoms with Crippen LogP contribution in [0.15, 0.2) is 24.3 Å². The Morgan fingerprint density at radius 3 is 2.88 bits per heavy atom. The zero-order chi connectivity index (χ0) is 12.5. The molecule has 0 saturated heterocycles. The molecule has 0 aliphatic rings. The van der Waals surface area contributed by atoms with Gasteiger partial charge in [-0.1, -0.05) is 12.1 Å². The van der Waals surface area contributed by atoms with Crippen LogP contribution in [0.2, 0.25) is 0 Å². The van der Waals surface area contributed by atoms with E-state index in [0.29, 0.717) is 6.04 Å². The molecule has 0 bridgehead atoms. The first-order valence-electron chi connectivity index (χ1n) is 6.06. The highest BCUT2D eigenvalue weighted by atomic mass is 16.5. The fraction of sp³-hybridized carbons (Fsp3) is 0.467. The number of hydrogen-bond donors (Lipinski definition) is 1. The molecule has 0 heterocycles. The maximum atomic E-state index is 5.71. The van der Waals surface area contributed by atoms with Crippen molar-refractivity contribution in [2.45, 2.75) is 32.2 Å². The van der Waals surface area contributed by atoms with E-state index in [2.05, 4.69) is 30.3 Å². The van der Waals surface area contributed by atoms with Crippen LogP contribution in [0.1, 0.15) is 24.8 Å². The molecule has 1 N–H and O–H groups in total. The van der Waals surface area contributed by atoms with Crippen molar-refractivity contribution in [2.24, 2.45) is 0 Å². The van der Waals surface area contributed by atoms with Crippen LogP contribution in [-0.4, -0.2) is 19.7 Å². The lowest BCUT2D eigenvalue weighted by Gasteiger charge is -2.15. The number of benzene rings is 1. The SMILES string of the molecule is C#CCCC(CCOc1cccc(C)c1)NC. The van der Waals surface area contributed by atoms with E-state index in [-0.39, 0.29) is 0 Å². The Balaban J connectivity index is 2.29. The average molecular weight is 231 g/mol. The summed E-state index contributed by atoms with van der Waals surface area (Å²) in [6, 6.07) is 8.56. The molecule has 0 aromatic heterocycles. The molecule has 1 aromatic carbocycles. The number of hydrogen-bond acceptors (Lipinski definition) is 2. The molecule has 92 valence electrons. The summed E-state index contributed by atoms with van der Waals surface area (Å²) in [4.78, 5) is 0. The first-order chi connectivity index (χ1) is 8.26. The fourth-order valence-electron chi connectivity index (χ4n) is 1.71. The lowest BCUT2D eigenvalue weighted by atomic mass is 10.1. The lowest BCUT2D eigenvalue weighted by Crippen LogP contribution is -2.27. The molecule has 0 spiro atoms. The van der Waals surface area contributed by atoms with Gasteiger partial charge in [0.2, 0.25) is 0 Å². The summed E-state index contributed by atoms with van der Waals surface area (Å²) in [5, 5.41) is 3.26. The zero-order valence-electron chi connectivity index (χ0n) is 10.7. The Bertz CT molecular complexity index is 367. The van der Waals surface area contributed by atoms with E-state index < -0.39 is 0 Å². The number of ether oxygens (including phenoxy) is 1. The predicted molar refractivity (Wildman–Crippen MR) is 72.2 cm³/mol. The molecule has 0 aliphatic carbocycles. The maximum absolute atomic E-state index is 5.71. The van der Waals surface area contributed by atoms with Crippen LogP contribution in [0.25, 0.3) is 0 Å². The van der Waals surface area contributed by atoms with Crippen molar-refractivity contribution in [3.63, 3.8) is 0 Å². The van der Waals surface area contributed by atoms with Gasteiger partial charge in [0, 0.05) is 12.5 Å². The number of aryl methyl sites for hydroxylation is 1. The highest BCUT2D eigenvalue weighted by molar-refractivity contribution is 5.27. The Kier molecular flexibility index (Phi) is 6.21. The molecule has 0 aliphatic heterocycles. The summed E-state index contributed by atoms with van der Waals surface area (Å²) < 4.78 is 5.71. The molecular formula is C15H21NO. The molecule has 1 unspecified atom stereocenters. The highest BCUT2D eigenvalue weighted by Crippen LogP contribution is 2.13. The lowest BCUT2D eigenvalue weighted by molar-refractivity contribution is 0.285. The monoisotopic (exact) mass is 231 g/mol. The van der Waals surface area contributed by atoms with Crippen LogP contribution in [-0.2, 0) is 0 Å². The Hall–Kier alpha value is -1.46. The Morgan fingerprint density at radius 2 is 2.24 bits per heavy atom. The molecule has 17 heavy (non-hydrogen) atoms. The standard InChI is InChI=1S/C15H21NO/c1-4-5-8-14(16-3)10-11-17-15-9-6-7-13(2)12-15/h1,6-7,9,12,14,16H,5,8,10-11H2,2-3H3. The van der Waals surface area contributed by atoms with Gasteiger partial charge in [-0.15, -0.1) is 12.3 Å². The van der Waals surface area contributed by atoms with Crippen LogP contribution in [0.4, 0.5) is 0 Å². The molecule has 2 heteroatoms. The molecular weight excluding hydrogens is 210 g/mol. The molecule has 0 saturated carbocycles. The van der Waals surface area contributed by atoms with E-state index >= 15 is 0 Å². The fourth-order valence-corrected chi connectivity index (χ4v) is 1.71. The van der Waals surface area contributed by atoms with Gasteiger partial charge in [0.05, 0.1) is 6.61 Å². The smallest absolute Gasteiger partial charge is 0.119 e. The summed E-state index contributed by atoms with van der Waals surface area (Å²) in [6.45, 7) is 2.79. The van der Waals surface area contributed by atoms with Crippen molar-refractivity contribution < 1.29 is 4.74 Å². The first kappa shape index (κ1) is 13.6. The van der Waals surface area contributed by atoms with Crippen molar-refractivity contribution in [1.29, 1.82) is 0 Å². The van der Waals surface area contributed by atoms with Gasteiger partial charge in [-0.3, -0.25) is 0 Å². The summed E-state index contributed by atoms with van der Waals surface area (Å²) in [5.41, 5.74) is 1.22. The highest BCUT2D eigenvalue weighted by Gasteiger charge is 2.05. The Labute approximate surface area is 104 Å². The molecule has 0 amide bonds. The summed E-state index contributed by atoms with van der Waals surface area (Å²) in [7, 11) is 1.97. The van der Waals surface area contributed by atoms with Gasteiger partial charge in [0.15, 0.2) is 0 Å². The number of rotatable bonds is 7. The second-order valence-electron chi connectivity index (χ2n) is 4.18. The van der Waals surface area contributed by atoms with Gasteiger partial charge in [-0.25, -0.2) is 0 Å².